The van der Waals surface area contributed by atoms with Crippen LogP contribution in [0.15, 0.2) is 36.4 Å². The number of benzene rings is 1. The van der Waals surface area contributed by atoms with Crippen LogP contribution in [0.2, 0.25) is 5.02 Å². The third-order valence-corrected chi connectivity index (χ3v) is 5.52. The van der Waals surface area contributed by atoms with E-state index in [1.807, 2.05) is 43.9 Å². The Kier molecular flexibility index (Phi) is 7.64. The SMILES string of the molecule is CCN(CC)C(=O)CN1CCO[C@@H](c2cc(Cc3cccc(Cl)c3)cc(C)n2)C1. The highest BCUT2D eigenvalue weighted by Crippen LogP contribution is 2.24. The van der Waals surface area contributed by atoms with E-state index in [0.29, 0.717) is 19.7 Å². The summed E-state index contributed by atoms with van der Waals surface area (Å²) in [5.41, 5.74) is 4.27. The second-order valence-corrected chi connectivity index (χ2v) is 7.95. The van der Waals surface area contributed by atoms with Gasteiger partial charge in [-0.3, -0.25) is 14.7 Å². The molecule has 1 fully saturated rings. The zero-order valence-electron chi connectivity index (χ0n) is 17.5. The number of pyridine rings is 1. The van der Waals surface area contributed by atoms with Crippen LogP contribution in [0.4, 0.5) is 0 Å². The largest absolute Gasteiger partial charge is 0.369 e. The van der Waals surface area contributed by atoms with E-state index in [1.54, 1.807) is 0 Å². The Morgan fingerprint density at radius 1 is 1.24 bits per heavy atom. The molecular weight excluding hydrogens is 386 g/mol. The number of aromatic nitrogens is 1. The van der Waals surface area contributed by atoms with Crippen LogP contribution in [0.25, 0.3) is 0 Å². The highest BCUT2D eigenvalue weighted by molar-refractivity contribution is 6.30. The molecule has 0 unspecified atom stereocenters. The summed E-state index contributed by atoms with van der Waals surface area (Å²) in [4.78, 5) is 21.2. The predicted octanol–water partition coefficient (Wildman–Crippen LogP) is 3.88. The van der Waals surface area contributed by atoms with Crippen LogP contribution in [0.3, 0.4) is 0 Å². The summed E-state index contributed by atoms with van der Waals surface area (Å²) in [6.45, 7) is 10.0. The van der Waals surface area contributed by atoms with Crippen molar-refractivity contribution in [2.24, 2.45) is 0 Å². The van der Waals surface area contributed by atoms with Crippen molar-refractivity contribution in [1.29, 1.82) is 0 Å². The van der Waals surface area contributed by atoms with Crippen molar-refractivity contribution in [1.82, 2.24) is 14.8 Å². The molecule has 0 aliphatic carbocycles. The molecule has 3 rings (SSSR count). The number of carbonyl (C=O) groups is 1. The zero-order chi connectivity index (χ0) is 20.8. The van der Waals surface area contributed by atoms with Gasteiger partial charge in [0.1, 0.15) is 6.10 Å². The second kappa shape index (κ2) is 10.2. The van der Waals surface area contributed by atoms with Gasteiger partial charge in [0.2, 0.25) is 5.91 Å². The van der Waals surface area contributed by atoms with Gasteiger partial charge < -0.3 is 9.64 Å². The van der Waals surface area contributed by atoms with Crippen molar-refractivity contribution in [2.45, 2.75) is 33.3 Å². The molecule has 1 aromatic heterocycles. The predicted molar refractivity (Wildman–Crippen MR) is 116 cm³/mol. The van der Waals surface area contributed by atoms with Crippen molar-refractivity contribution in [3.05, 3.63) is 63.9 Å². The molecule has 0 bridgehead atoms. The van der Waals surface area contributed by atoms with E-state index >= 15 is 0 Å². The van der Waals surface area contributed by atoms with Gasteiger partial charge in [-0.1, -0.05) is 23.7 Å². The Hall–Kier alpha value is -1.95. The molecule has 1 amide bonds. The molecule has 0 N–H and O–H groups in total. The summed E-state index contributed by atoms with van der Waals surface area (Å²) in [6.07, 6.45) is 0.680. The monoisotopic (exact) mass is 415 g/mol. The average molecular weight is 416 g/mol. The number of ether oxygens (including phenoxy) is 1. The van der Waals surface area contributed by atoms with Crippen LogP contribution in [0.1, 0.15) is 42.5 Å². The van der Waals surface area contributed by atoms with Crippen LogP contribution in [0.5, 0.6) is 0 Å². The minimum Gasteiger partial charge on any atom is -0.369 e. The van der Waals surface area contributed by atoms with Crippen molar-refractivity contribution < 1.29 is 9.53 Å². The fourth-order valence-corrected chi connectivity index (χ4v) is 4.02. The van der Waals surface area contributed by atoms with Gasteiger partial charge >= 0.3 is 0 Å². The smallest absolute Gasteiger partial charge is 0.236 e. The van der Waals surface area contributed by atoms with Crippen molar-refractivity contribution in [3.8, 4) is 0 Å². The molecule has 156 valence electrons. The summed E-state index contributed by atoms with van der Waals surface area (Å²) < 4.78 is 6.02. The van der Waals surface area contributed by atoms with Crippen molar-refractivity contribution in [2.75, 3.05) is 39.3 Å². The minimum absolute atomic E-state index is 0.119. The summed E-state index contributed by atoms with van der Waals surface area (Å²) in [6, 6.07) is 12.2. The quantitative estimate of drug-likeness (QED) is 0.688. The molecule has 29 heavy (non-hydrogen) atoms. The van der Waals surface area contributed by atoms with Crippen LogP contribution in [0, 0.1) is 6.92 Å². The number of likely N-dealkylation sites (N-methyl/N-ethyl adjacent to an activating group) is 1. The summed E-state index contributed by atoms with van der Waals surface area (Å²) >= 11 is 6.13. The molecular formula is C23H30ClN3O2. The molecule has 2 aromatic rings. The summed E-state index contributed by atoms with van der Waals surface area (Å²) in [7, 11) is 0. The molecule has 1 aliphatic heterocycles. The van der Waals surface area contributed by atoms with E-state index in [-0.39, 0.29) is 12.0 Å². The van der Waals surface area contributed by atoms with Gasteiger partial charge in [-0.2, -0.15) is 0 Å². The van der Waals surface area contributed by atoms with E-state index in [0.717, 1.165) is 42.5 Å². The van der Waals surface area contributed by atoms with Gasteiger partial charge in [-0.15, -0.1) is 0 Å². The number of rotatable bonds is 7. The topological polar surface area (TPSA) is 45.7 Å². The standard InChI is InChI=1S/C23H30ClN3O2/c1-4-27(5-2)23(28)16-26-9-10-29-22(15-26)21-14-19(11-17(3)25-21)12-18-7-6-8-20(24)13-18/h6-8,11,13-14,22H,4-5,9-10,12,15-16H2,1-3H3/t22-/m1/s1. The first-order valence-electron chi connectivity index (χ1n) is 10.3. The highest BCUT2D eigenvalue weighted by Gasteiger charge is 2.26. The molecule has 1 atom stereocenters. The lowest BCUT2D eigenvalue weighted by atomic mass is 10.0. The van der Waals surface area contributed by atoms with E-state index < -0.39 is 0 Å². The third-order valence-electron chi connectivity index (χ3n) is 5.29. The molecule has 0 saturated carbocycles. The first kappa shape index (κ1) is 21.8. The number of morpholine rings is 1. The number of aryl methyl sites for hydroxylation is 1. The summed E-state index contributed by atoms with van der Waals surface area (Å²) in [5.74, 6) is 0.175. The highest BCUT2D eigenvalue weighted by atomic mass is 35.5. The van der Waals surface area contributed by atoms with Gasteiger partial charge in [-0.25, -0.2) is 0 Å². The van der Waals surface area contributed by atoms with Crippen LogP contribution >= 0.6 is 11.6 Å². The molecule has 1 aromatic carbocycles. The number of amides is 1. The molecule has 0 spiro atoms. The first-order chi connectivity index (χ1) is 14.0. The molecule has 0 radical (unpaired) electrons. The fourth-order valence-electron chi connectivity index (χ4n) is 3.81. The van der Waals surface area contributed by atoms with Gasteiger partial charge in [0.25, 0.3) is 0 Å². The minimum atomic E-state index is -0.119. The molecule has 5 nitrogen and oxygen atoms in total. The number of carbonyl (C=O) groups excluding carboxylic acids is 1. The lowest BCUT2D eigenvalue weighted by Crippen LogP contribution is -2.45. The normalized spacial score (nSPS) is 17.3. The fraction of sp³-hybridized carbons (Fsp3) is 0.478. The van der Waals surface area contributed by atoms with Crippen molar-refractivity contribution >= 4 is 17.5 Å². The Morgan fingerprint density at radius 3 is 2.76 bits per heavy atom. The lowest BCUT2D eigenvalue weighted by molar-refractivity contribution is -0.134. The number of hydrogen-bond donors (Lipinski definition) is 0. The number of hydrogen-bond acceptors (Lipinski definition) is 4. The number of halogens is 1. The van der Waals surface area contributed by atoms with Crippen LogP contribution in [-0.2, 0) is 16.0 Å². The van der Waals surface area contributed by atoms with Gasteiger partial charge in [-0.05, 0) is 62.6 Å². The molecule has 2 heterocycles. The lowest BCUT2D eigenvalue weighted by Gasteiger charge is -2.33. The molecule has 6 heteroatoms. The maximum atomic E-state index is 12.5. The van der Waals surface area contributed by atoms with Crippen molar-refractivity contribution in [3.63, 3.8) is 0 Å². The summed E-state index contributed by atoms with van der Waals surface area (Å²) in [5, 5.41) is 0.748. The Labute approximate surface area is 178 Å². The third kappa shape index (κ3) is 6.01. The average Bonchev–Trinajstić information content (AvgIpc) is 2.69. The van der Waals surface area contributed by atoms with Gasteiger partial charge in [0, 0.05) is 36.9 Å². The second-order valence-electron chi connectivity index (χ2n) is 7.51. The number of nitrogens with zero attached hydrogens (tertiary/aromatic N) is 3. The zero-order valence-corrected chi connectivity index (χ0v) is 18.3. The maximum Gasteiger partial charge on any atom is 0.236 e. The Morgan fingerprint density at radius 2 is 2.03 bits per heavy atom. The van der Waals surface area contributed by atoms with E-state index in [4.69, 9.17) is 21.3 Å². The van der Waals surface area contributed by atoms with E-state index in [1.165, 1.54) is 11.1 Å². The first-order valence-corrected chi connectivity index (χ1v) is 10.7. The van der Waals surface area contributed by atoms with Crippen LogP contribution in [-0.4, -0.2) is 60.0 Å². The molecule has 1 aliphatic rings. The Bertz CT molecular complexity index is 839. The van der Waals surface area contributed by atoms with E-state index in [9.17, 15) is 4.79 Å². The Balaban J connectivity index is 1.71. The van der Waals surface area contributed by atoms with Gasteiger partial charge in [0.05, 0.1) is 18.8 Å². The molecule has 1 saturated heterocycles. The van der Waals surface area contributed by atoms with Gasteiger partial charge in [0.15, 0.2) is 0 Å². The van der Waals surface area contributed by atoms with E-state index in [2.05, 4.69) is 23.1 Å². The maximum absolute atomic E-state index is 12.5. The van der Waals surface area contributed by atoms with Crippen LogP contribution < -0.4 is 0 Å².